The summed E-state index contributed by atoms with van der Waals surface area (Å²) in [7, 11) is 0. The number of carboxylic acid groups (broad SMARTS) is 1. The minimum Gasteiger partial charge on any atom is -0.481 e. The van der Waals surface area contributed by atoms with Crippen LogP contribution in [0, 0.1) is 21.4 Å². The summed E-state index contributed by atoms with van der Waals surface area (Å²) in [6.07, 6.45) is -0.450. The minimum atomic E-state index is -1.16. The lowest BCUT2D eigenvalue weighted by Crippen LogP contribution is -2.05. The number of non-ortho nitro benzene ring substituents is 1. The molecule has 0 heterocycles. The van der Waals surface area contributed by atoms with E-state index >= 15 is 0 Å². The highest BCUT2D eigenvalue weighted by Gasteiger charge is 2.17. The van der Waals surface area contributed by atoms with E-state index in [0.717, 1.165) is 6.07 Å². The third kappa shape index (κ3) is 2.92. The van der Waals surface area contributed by atoms with Crippen LogP contribution in [0.3, 0.4) is 0 Å². The Balaban J connectivity index is 3.43. The fraction of sp³-hybridized carbons (Fsp3) is 0.200. The number of carboxylic acids is 1. The molecule has 0 aliphatic heterocycles. The van der Waals surface area contributed by atoms with Gasteiger partial charge in [-0.15, -0.1) is 11.6 Å². The number of nitriles is 1. The van der Waals surface area contributed by atoms with E-state index in [0.29, 0.717) is 0 Å². The topological polar surface area (TPSA) is 104 Å². The number of alkyl halides is 1. The van der Waals surface area contributed by atoms with Gasteiger partial charge in [-0.2, -0.15) is 5.26 Å². The molecule has 7 heteroatoms. The molecule has 1 N–H and O–H groups in total. The average Bonchev–Trinajstić information content (AvgIpc) is 2.26. The minimum absolute atomic E-state index is 0.0861. The molecule has 0 fully saturated rings. The fourth-order valence-corrected chi connectivity index (χ4v) is 1.62. The normalized spacial score (nSPS) is 9.65. The molecule has 0 radical (unpaired) electrons. The lowest BCUT2D eigenvalue weighted by Gasteiger charge is -2.05. The van der Waals surface area contributed by atoms with E-state index in [-0.39, 0.29) is 28.3 Å². The number of halogens is 1. The van der Waals surface area contributed by atoms with Gasteiger partial charge in [-0.05, 0) is 11.1 Å². The second kappa shape index (κ2) is 5.27. The first-order valence-electron chi connectivity index (χ1n) is 4.47. The van der Waals surface area contributed by atoms with Crippen molar-refractivity contribution in [2.75, 3.05) is 0 Å². The number of hydrogen-bond acceptors (Lipinski definition) is 4. The van der Waals surface area contributed by atoms with Crippen molar-refractivity contribution in [2.45, 2.75) is 12.3 Å². The van der Waals surface area contributed by atoms with Crippen LogP contribution in [0.5, 0.6) is 0 Å². The number of nitro groups is 1. The second-order valence-corrected chi connectivity index (χ2v) is 3.48. The second-order valence-electron chi connectivity index (χ2n) is 3.21. The summed E-state index contributed by atoms with van der Waals surface area (Å²) in [5, 5.41) is 28.2. The molecule has 1 aromatic rings. The molecule has 0 saturated heterocycles. The Morgan fingerprint density at radius 3 is 2.53 bits per heavy atom. The maximum atomic E-state index is 10.6. The van der Waals surface area contributed by atoms with Gasteiger partial charge in [-0.25, -0.2) is 0 Å². The van der Waals surface area contributed by atoms with E-state index < -0.39 is 17.3 Å². The highest BCUT2D eigenvalue weighted by atomic mass is 35.5. The van der Waals surface area contributed by atoms with Crippen LogP contribution in [-0.2, 0) is 17.1 Å². The van der Waals surface area contributed by atoms with Gasteiger partial charge in [0.1, 0.15) is 0 Å². The van der Waals surface area contributed by atoms with Crippen molar-refractivity contribution >= 4 is 23.3 Å². The molecular weight excluding hydrogens is 248 g/mol. The molecule has 0 atom stereocenters. The summed E-state index contributed by atoms with van der Waals surface area (Å²) < 4.78 is 0. The molecule has 88 valence electrons. The maximum Gasteiger partial charge on any atom is 0.307 e. The van der Waals surface area contributed by atoms with Gasteiger partial charge in [0.05, 0.1) is 23.0 Å². The van der Waals surface area contributed by atoms with E-state index in [2.05, 4.69) is 0 Å². The molecule has 6 nitrogen and oxygen atoms in total. The highest BCUT2D eigenvalue weighted by molar-refractivity contribution is 6.17. The summed E-state index contributed by atoms with van der Waals surface area (Å²) in [4.78, 5) is 20.6. The number of hydrogen-bond donors (Lipinski definition) is 1. The van der Waals surface area contributed by atoms with E-state index in [1.165, 1.54) is 6.07 Å². The molecule has 0 aromatic heterocycles. The van der Waals surface area contributed by atoms with Crippen molar-refractivity contribution in [1.82, 2.24) is 0 Å². The van der Waals surface area contributed by atoms with Crippen LogP contribution in [0.2, 0.25) is 0 Å². The van der Waals surface area contributed by atoms with Gasteiger partial charge in [-0.3, -0.25) is 14.9 Å². The van der Waals surface area contributed by atoms with Gasteiger partial charge in [0.2, 0.25) is 0 Å². The molecule has 0 bridgehead atoms. The van der Waals surface area contributed by atoms with Gasteiger partial charge >= 0.3 is 5.97 Å². The van der Waals surface area contributed by atoms with Crippen molar-refractivity contribution < 1.29 is 14.8 Å². The fourth-order valence-electron chi connectivity index (χ4n) is 1.41. The first kappa shape index (κ1) is 12.9. The summed E-state index contributed by atoms with van der Waals surface area (Å²) in [6, 6.07) is 4.08. The Hall–Kier alpha value is -2.13. The van der Waals surface area contributed by atoms with Crippen molar-refractivity contribution in [1.29, 1.82) is 5.26 Å². The zero-order chi connectivity index (χ0) is 13.0. The Morgan fingerprint density at radius 2 is 2.12 bits per heavy atom. The average molecular weight is 255 g/mol. The van der Waals surface area contributed by atoms with Crippen molar-refractivity contribution in [3.63, 3.8) is 0 Å². The molecule has 1 aromatic carbocycles. The first-order chi connectivity index (χ1) is 7.99. The van der Waals surface area contributed by atoms with E-state index in [4.69, 9.17) is 22.0 Å². The lowest BCUT2D eigenvalue weighted by atomic mass is 9.99. The number of rotatable bonds is 4. The standard InChI is InChI=1S/C10H7ClN2O4/c11-4-7-2-8(13(16)17)1-6(3-10(14)15)9(7)5-12/h1-2H,3-4H2,(H,14,15). The largest absolute Gasteiger partial charge is 0.481 e. The van der Waals surface area contributed by atoms with E-state index in [1.807, 2.05) is 6.07 Å². The van der Waals surface area contributed by atoms with Crippen LogP contribution in [-0.4, -0.2) is 16.0 Å². The molecular formula is C10H7ClN2O4. The van der Waals surface area contributed by atoms with Crippen LogP contribution in [0.15, 0.2) is 12.1 Å². The predicted molar refractivity (Wildman–Crippen MR) is 58.7 cm³/mol. The third-order valence-corrected chi connectivity index (χ3v) is 2.38. The van der Waals surface area contributed by atoms with Gasteiger partial charge in [-0.1, -0.05) is 0 Å². The molecule has 0 aliphatic carbocycles. The number of carbonyl (C=O) groups is 1. The molecule has 0 amide bonds. The molecule has 0 aliphatic rings. The Morgan fingerprint density at radius 1 is 1.53 bits per heavy atom. The SMILES string of the molecule is N#Cc1c(CCl)cc([N+](=O)[O-])cc1CC(=O)O. The van der Waals surface area contributed by atoms with E-state index in [9.17, 15) is 14.9 Å². The molecule has 0 spiro atoms. The molecule has 0 saturated carbocycles. The molecule has 1 rings (SSSR count). The van der Waals surface area contributed by atoms with E-state index in [1.54, 1.807) is 0 Å². The summed E-state index contributed by atoms with van der Waals surface area (Å²) in [5.41, 5.74) is 0.188. The number of nitrogens with zero attached hydrogens (tertiary/aromatic N) is 2. The van der Waals surface area contributed by atoms with Crippen LogP contribution < -0.4 is 0 Å². The van der Waals surface area contributed by atoms with Crippen molar-refractivity contribution in [3.05, 3.63) is 38.9 Å². The number of nitro benzene ring substituents is 1. The number of benzene rings is 1. The Kier molecular flexibility index (Phi) is 4.01. The maximum absolute atomic E-state index is 10.6. The van der Waals surface area contributed by atoms with Crippen LogP contribution in [0.25, 0.3) is 0 Å². The Labute approximate surface area is 101 Å². The van der Waals surface area contributed by atoms with Crippen LogP contribution in [0.4, 0.5) is 5.69 Å². The summed E-state index contributed by atoms with van der Waals surface area (Å²) >= 11 is 5.57. The zero-order valence-electron chi connectivity index (χ0n) is 8.51. The van der Waals surface area contributed by atoms with Crippen molar-refractivity contribution in [3.8, 4) is 6.07 Å². The summed E-state index contributed by atoms with van der Waals surface area (Å²) in [6.45, 7) is 0. The molecule has 17 heavy (non-hydrogen) atoms. The third-order valence-electron chi connectivity index (χ3n) is 2.09. The zero-order valence-corrected chi connectivity index (χ0v) is 9.27. The smallest absolute Gasteiger partial charge is 0.307 e. The van der Waals surface area contributed by atoms with Crippen molar-refractivity contribution in [2.24, 2.45) is 0 Å². The Bertz CT molecular complexity index is 522. The van der Waals surface area contributed by atoms with Gasteiger partial charge < -0.3 is 5.11 Å². The highest BCUT2D eigenvalue weighted by Crippen LogP contribution is 2.24. The summed E-state index contributed by atoms with van der Waals surface area (Å²) in [5.74, 6) is -1.25. The van der Waals surface area contributed by atoms with Gasteiger partial charge in [0.15, 0.2) is 0 Å². The number of aliphatic carboxylic acids is 1. The monoisotopic (exact) mass is 254 g/mol. The lowest BCUT2D eigenvalue weighted by molar-refractivity contribution is -0.385. The van der Waals surface area contributed by atoms with Crippen LogP contribution in [0.1, 0.15) is 16.7 Å². The molecule has 0 unspecified atom stereocenters. The van der Waals surface area contributed by atoms with Crippen LogP contribution >= 0.6 is 11.6 Å². The van der Waals surface area contributed by atoms with Gasteiger partial charge in [0, 0.05) is 18.0 Å². The van der Waals surface area contributed by atoms with Gasteiger partial charge in [0.25, 0.3) is 5.69 Å². The quantitative estimate of drug-likeness (QED) is 0.501. The first-order valence-corrected chi connectivity index (χ1v) is 5.01. The predicted octanol–water partition coefficient (Wildman–Crippen LogP) is 1.83.